The summed E-state index contributed by atoms with van der Waals surface area (Å²) in [5.41, 5.74) is 1.30. The molecule has 1 aromatic carbocycles. The Hall–Kier alpha value is -1.51. The van der Waals surface area contributed by atoms with E-state index in [1.54, 1.807) is 17.4 Å². The van der Waals surface area contributed by atoms with Crippen LogP contribution in [-0.2, 0) is 4.79 Å². The molecule has 1 amide bonds. The van der Waals surface area contributed by atoms with Gasteiger partial charge in [0, 0.05) is 14.7 Å². The molecule has 3 aromatic rings. The molecule has 1 N–H and O–H groups in total. The van der Waals surface area contributed by atoms with Crippen molar-refractivity contribution in [2.45, 2.75) is 18.9 Å². The van der Waals surface area contributed by atoms with E-state index in [2.05, 4.69) is 31.2 Å². The Morgan fingerprint density at radius 1 is 1.38 bits per heavy atom. The summed E-state index contributed by atoms with van der Waals surface area (Å²) in [4.78, 5) is 22.8. The van der Waals surface area contributed by atoms with Gasteiger partial charge in [-0.1, -0.05) is 27.7 Å². The summed E-state index contributed by atoms with van der Waals surface area (Å²) in [6.45, 7) is 4.07. The number of benzene rings is 1. The summed E-state index contributed by atoms with van der Waals surface area (Å²) < 4.78 is 14.4. The standard InChI is InChI=1S/C16H13BrFN3OS2/c1-8-9(2)24-16-14(8)15(19-7-20-16)23-6-13(22)21-12-4-3-10(17)5-11(12)18/h3-5,7H,6H2,1-2H3,(H,21,22). The minimum absolute atomic E-state index is 0.149. The summed E-state index contributed by atoms with van der Waals surface area (Å²) >= 11 is 6.13. The second-order valence-corrected chi connectivity index (χ2v) is 8.19. The number of rotatable bonds is 4. The fraction of sp³-hybridized carbons (Fsp3) is 0.188. The van der Waals surface area contributed by atoms with Gasteiger partial charge in [0.15, 0.2) is 0 Å². The number of anilines is 1. The highest BCUT2D eigenvalue weighted by Crippen LogP contribution is 2.34. The third kappa shape index (κ3) is 3.60. The summed E-state index contributed by atoms with van der Waals surface area (Å²) in [6, 6.07) is 4.52. The van der Waals surface area contributed by atoms with E-state index in [4.69, 9.17) is 0 Å². The zero-order valence-corrected chi connectivity index (χ0v) is 16.1. The van der Waals surface area contributed by atoms with E-state index in [0.717, 1.165) is 20.8 Å². The average molecular weight is 426 g/mol. The van der Waals surface area contributed by atoms with Crippen LogP contribution in [0, 0.1) is 19.7 Å². The highest BCUT2D eigenvalue weighted by molar-refractivity contribution is 9.10. The van der Waals surface area contributed by atoms with Crippen LogP contribution in [-0.4, -0.2) is 21.6 Å². The fourth-order valence-corrected chi connectivity index (χ4v) is 4.42. The van der Waals surface area contributed by atoms with Crippen molar-refractivity contribution in [2.75, 3.05) is 11.1 Å². The molecular formula is C16H13BrFN3OS2. The van der Waals surface area contributed by atoms with Crippen LogP contribution in [0.4, 0.5) is 10.1 Å². The molecule has 0 saturated carbocycles. The van der Waals surface area contributed by atoms with Crippen molar-refractivity contribution < 1.29 is 9.18 Å². The van der Waals surface area contributed by atoms with E-state index in [0.29, 0.717) is 4.47 Å². The smallest absolute Gasteiger partial charge is 0.234 e. The first-order chi connectivity index (χ1) is 11.5. The van der Waals surface area contributed by atoms with E-state index in [1.807, 2.05) is 13.8 Å². The van der Waals surface area contributed by atoms with Gasteiger partial charge >= 0.3 is 0 Å². The van der Waals surface area contributed by atoms with Crippen molar-refractivity contribution in [3.05, 3.63) is 45.3 Å². The molecule has 8 heteroatoms. The molecule has 0 spiro atoms. The maximum atomic E-state index is 13.8. The number of hydrogen-bond acceptors (Lipinski definition) is 5. The van der Waals surface area contributed by atoms with Crippen LogP contribution in [0.3, 0.4) is 0 Å². The van der Waals surface area contributed by atoms with Gasteiger partial charge in [-0.2, -0.15) is 0 Å². The van der Waals surface area contributed by atoms with Gasteiger partial charge in [0.25, 0.3) is 0 Å². The van der Waals surface area contributed by atoms with E-state index in [-0.39, 0.29) is 17.3 Å². The second kappa shape index (κ2) is 7.16. The Labute approximate surface area is 155 Å². The largest absolute Gasteiger partial charge is 0.323 e. The van der Waals surface area contributed by atoms with Crippen LogP contribution in [0.15, 0.2) is 34.0 Å². The highest BCUT2D eigenvalue weighted by Gasteiger charge is 2.14. The van der Waals surface area contributed by atoms with Crippen molar-refractivity contribution in [3.8, 4) is 0 Å². The maximum absolute atomic E-state index is 13.8. The maximum Gasteiger partial charge on any atom is 0.234 e. The number of carbonyl (C=O) groups excluding carboxylic acids is 1. The number of nitrogens with zero attached hydrogens (tertiary/aromatic N) is 2. The molecule has 3 rings (SSSR count). The lowest BCUT2D eigenvalue weighted by molar-refractivity contribution is -0.113. The quantitative estimate of drug-likeness (QED) is 0.474. The molecule has 0 fully saturated rings. The molecule has 0 aliphatic heterocycles. The lowest BCUT2D eigenvalue weighted by Gasteiger charge is -2.07. The SMILES string of the molecule is Cc1sc2ncnc(SCC(=O)Nc3ccc(Br)cc3F)c2c1C. The average Bonchev–Trinajstić information content (AvgIpc) is 2.83. The van der Waals surface area contributed by atoms with E-state index >= 15 is 0 Å². The van der Waals surface area contributed by atoms with Gasteiger partial charge in [0.2, 0.25) is 5.91 Å². The predicted molar refractivity (Wildman–Crippen MR) is 100 cm³/mol. The first-order valence-corrected chi connectivity index (χ1v) is 9.63. The van der Waals surface area contributed by atoms with Crippen LogP contribution in [0.25, 0.3) is 10.2 Å². The number of amides is 1. The fourth-order valence-electron chi connectivity index (χ4n) is 2.17. The summed E-state index contributed by atoms with van der Waals surface area (Å²) in [6.07, 6.45) is 1.51. The molecule has 4 nitrogen and oxygen atoms in total. The minimum Gasteiger partial charge on any atom is -0.323 e. The lowest BCUT2D eigenvalue weighted by atomic mass is 10.2. The second-order valence-electron chi connectivity index (χ2n) is 5.10. The van der Waals surface area contributed by atoms with Gasteiger partial charge in [-0.15, -0.1) is 11.3 Å². The predicted octanol–water partition coefficient (Wildman–Crippen LogP) is 4.94. The Kier molecular flexibility index (Phi) is 5.17. The number of aryl methyl sites for hydroxylation is 2. The Morgan fingerprint density at radius 3 is 2.92 bits per heavy atom. The van der Waals surface area contributed by atoms with Crippen LogP contribution >= 0.6 is 39.0 Å². The van der Waals surface area contributed by atoms with Crippen molar-refractivity contribution in [3.63, 3.8) is 0 Å². The molecule has 2 aromatic heterocycles. The van der Waals surface area contributed by atoms with Gasteiger partial charge in [0.05, 0.1) is 11.4 Å². The molecule has 24 heavy (non-hydrogen) atoms. The molecule has 0 aliphatic rings. The minimum atomic E-state index is -0.476. The molecular weight excluding hydrogens is 413 g/mol. The number of thioether (sulfide) groups is 1. The van der Waals surface area contributed by atoms with Crippen LogP contribution in [0.1, 0.15) is 10.4 Å². The van der Waals surface area contributed by atoms with Crippen molar-refractivity contribution >= 4 is 60.8 Å². The first-order valence-electron chi connectivity index (χ1n) is 7.04. The van der Waals surface area contributed by atoms with Crippen LogP contribution < -0.4 is 5.32 Å². The summed E-state index contributed by atoms with van der Waals surface area (Å²) in [5, 5.41) is 4.34. The van der Waals surface area contributed by atoms with Crippen LogP contribution in [0.2, 0.25) is 0 Å². The molecule has 0 aliphatic carbocycles. The third-order valence-electron chi connectivity index (χ3n) is 3.48. The molecule has 0 unspecified atom stereocenters. The number of thiophene rings is 1. The summed E-state index contributed by atoms with van der Waals surface area (Å²) in [7, 11) is 0. The number of fused-ring (bicyclic) bond motifs is 1. The molecule has 0 saturated heterocycles. The van der Waals surface area contributed by atoms with Gasteiger partial charge in [-0.3, -0.25) is 4.79 Å². The van der Waals surface area contributed by atoms with E-state index in [1.165, 1.54) is 35.1 Å². The van der Waals surface area contributed by atoms with Gasteiger partial charge in [0.1, 0.15) is 22.0 Å². The number of carbonyl (C=O) groups is 1. The van der Waals surface area contributed by atoms with Gasteiger partial charge in [-0.25, -0.2) is 14.4 Å². The number of halogens is 2. The van der Waals surface area contributed by atoms with Crippen molar-refractivity contribution in [2.24, 2.45) is 0 Å². The first kappa shape index (κ1) is 17.3. The Morgan fingerprint density at radius 2 is 2.17 bits per heavy atom. The third-order valence-corrected chi connectivity index (χ3v) is 6.07. The van der Waals surface area contributed by atoms with Gasteiger partial charge < -0.3 is 5.32 Å². The van der Waals surface area contributed by atoms with E-state index < -0.39 is 5.82 Å². The molecule has 0 bridgehead atoms. The highest BCUT2D eigenvalue weighted by atomic mass is 79.9. The van der Waals surface area contributed by atoms with Crippen molar-refractivity contribution in [1.29, 1.82) is 0 Å². The zero-order valence-electron chi connectivity index (χ0n) is 12.9. The number of aromatic nitrogens is 2. The zero-order chi connectivity index (χ0) is 17.3. The lowest BCUT2D eigenvalue weighted by Crippen LogP contribution is -2.15. The van der Waals surface area contributed by atoms with Crippen molar-refractivity contribution in [1.82, 2.24) is 9.97 Å². The molecule has 124 valence electrons. The topological polar surface area (TPSA) is 54.9 Å². The normalized spacial score (nSPS) is 11.0. The van der Waals surface area contributed by atoms with Crippen LogP contribution in [0.5, 0.6) is 0 Å². The molecule has 2 heterocycles. The van der Waals surface area contributed by atoms with Gasteiger partial charge in [-0.05, 0) is 37.6 Å². The summed E-state index contributed by atoms with van der Waals surface area (Å²) in [5.74, 6) is -0.607. The number of nitrogens with one attached hydrogen (secondary N) is 1. The Bertz CT molecular complexity index is 929. The molecule has 0 atom stereocenters. The number of hydrogen-bond donors (Lipinski definition) is 1. The molecule has 0 radical (unpaired) electrons. The monoisotopic (exact) mass is 425 g/mol. The van der Waals surface area contributed by atoms with E-state index in [9.17, 15) is 9.18 Å². The Balaban J connectivity index is 1.73.